The lowest BCUT2D eigenvalue weighted by atomic mass is 10.1. The molecule has 0 spiro atoms. The number of nitro benzene ring substituents is 1. The van der Waals surface area contributed by atoms with Crippen LogP contribution in [0.3, 0.4) is 0 Å². The van der Waals surface area contributed by atoms with Crippen LogP contribution in [0.5, 0.6) is 5.75 Å². The largest absolute Gasteiger partial charge is 0.490 e. The Balaban J connectivity index is 2.25. The molecule has 1 aliphatic carbocycles. The first-order chi connectivity index (χ1) is 9.54. The van der Waals surface area contributed by atoms with E-state index in [-0.39, 0.29) is 29.1 Å². The van der Waals surface area contributed by atoms with E-state index in [1.807, 2.05) is 0 Å². The second kappa shape index (κ2) is 5.87. The number of ether oxygens (including phenoxy) is 1. The molecule has 108 valence electrons. The van der Waals surface area contributed by atoms with Crippen LogP contribution in [-0.2, 0) is 0 Å². The molecule has 0 saturated heterocycles. The lowest BCUT2D eigenvalue weighted by Gasteiger charge is -2.18. The van der Waals surface area contributed by atoms with Crippen molar-refractivity contribution in [2.24, 2.45) is 5.73 Å². The molecule has 2 unspecified atom stereocenters. The predicted molar refractivity (Wildman–Crippen MR) is 72.7 cm³/mol. The molecular weight excluding hydrogens is 262 g/mol. The highest BCUT2D eigenvalue weighted by atomic mass is 16.6. The van der Waals surface area contributed by atoms with Gasteiger partial charge in [0.1, 0.15) is 0 Å². The number of nitrogens with one attached hydrogen (secondary N) is 1. The molecule has 0 aliphatic heterocycles. The summed E-state index contributed by atoms with van der Waals surface area (Å²) in [5, 5.41) is 13.7. The summed E-state index contributed by atoms with van der Waals surface area (Å²) in [5.41, 5.74) is 5.83. The molecule has 0 aromatic heterocycles. The molecule has 1 amide bonds. The summed E-state index contributed by atoms with van der Waals surface area (Å²) in [6, 6.07) is 4.11. The van der Waals surface area contributed by atoms with Crippen molar-refractivity contribution in [1.29, 1.82) is 0 Å². The summed E-state index contributed by atoms with van der Waals surface area (Å²) in [6.07, 6.45) is 2.67. The molecule has 1 saturated carbocycles. The molecule has 1 aliphatic rings. The maximum absolute atomic E-state index is 12.2. The molecule has 0 bridgehead atoms. The number of hydrogen-bond acceptors (Lipinski definition) is 5. The number of carbonyl (C=O) groups is 1. The highest BCUT2D eigenvalue weighted by Gasteiger charge is 2.28. The van der Waals surface area contributed by atoms with Gasteiger partial charge in [0, 0.05) is 18.2 Å². The minimum Gasteiger partial charge on any atom is -0.490 e. The molecular formula is C13H17N3O4. The van der Waals surface area contributed by atoms with Crippen LogP contribution in [0.15, 0.2) is 18.2 Å². The van der Waals surface area contributed by atoms with Crippen molar-refractivity contribution >= 4 is 11.6 Å². The third kappa shape index (κ3) is 2.72. The first-order valence-electron chi connectivity index (χ1n) is 6.42. The van der Waals surface area contributed by atoms with Crippen molar-refractivity contribution in [1.82, 2.24) is 5.32 Å². The minimum atomic E-state index is -0.573. The fourth-order valence-electron chi connectivity index (χ4n) is 2.48. The summed E-state index contributed by atoms with van der Waals surface area (Å²) in [4.78, 5) is 22.6. The fourth-order valence-corrected chi connectivity index (χ4v) is 2.48. The van der Waals surface area contributed by atoms with Gasteiger partial charge < -0.3 is 15.8 Å². The van der Waals surface area contributed by atoms with Gasteiger partial charge in [-0.05, 0) is 25.3 Å². The topological polar surface area (TPSA) is 107 Å². The monoisotopic (exact) mass is 279 g/mol. The maximum atomic E-state index is 12.2. The summed E-state index contributed by atoms with van der Waals surface area (Å²) in [5.74, 6) is -0.422. The standard InChI is InChI=1S/C13H17N3O4/c1-20-12-8(4-2-7-11(12)16(18)19)13(17)15-10-6-3-5-9(10)14/h2,4,7,9-10H,3,5-6,14H2,1H3,(H,15,17). The first-order valence-corrected chi connectivity index (χ1v) is 6.42. The van der Waals surface area contributed by atoms with Gasteiger partial charge in [-0.3, -0.25) is 14.9 Å². The van der Waals surface area contributed by atoms with Gasteiger partial charge >= 0.3 is 5.69 Å². The molecule has 3 N–H and O–H groups in total. The third-order valence-electron chi connectivity index (χ3n) is 3.53. The van der Waals surface area contributed by atoms with Gasteiger partial charge in [-0.1, -0.05) is 6.07 Å². The van der Waals surface area contributed by atoms with E-state index >= 15 is 0 Å². The van der Waals surface area contributed by atoms with Gasteiger partial charge in [0.05, 0.1) is 17.6 Å². The van der Waals surface area contributed by atoms with Crippen LogP contribution < -0.4 is 15.8 Å². The van der Waals surface area contributed by atoms with Crippen LogP contribution in [0.1, 0.15) is 29.6 Å². The summed E-state index contributed by atoms with van der Waals surface area (Å²) in [7, 11) is 1.31. The number of para-hydroxylation sites is 1. The summed E-state index contributed by atoms with van der Waals surface area (Å²) >= 11 is 0. The van der Waals surface area contributed by atoms with Crippen LogP contribution in [-0.4, -0.2) is 30.0 Å². The van der Waals surface area contributed by atoms with E-state index in [9.17, 15) is 14.9 Å². The Bertz CT molecular complexity index is 532. The number of carbonyl (C=O) groups excluding carboxylic acids is 1. The Kier molecular flexibility index (Phi) is 4.19. The first kappa shape index (κ1) is 14.3. The van der Waals surface area contributed by atoms with E-state index in [0.29, 0.717) is 0 Å². The van der Waals surface area contributed by atoms with E-state index < -0.39 is 10.8 Å². The number of amides is 1. The minimum absolute atomic E-state index is 0.0263. The van der Waals surface area contributed by atoms with Crippen LogP contribution in [0.4, 0.5) is 5.69 Å². The number of nitrogens with two attached hydrogens (primary N) is 1. The van der Waals surface area contributed by atoms with Gasteiger partial charge in [-0.25, -0.2) is 0 Å². The van der Waals surface area contributed by atoms with Gasteiger partial charge in [0.25, 0.3) is 5.91 Å². The van der Waals surface area contributed by atoms with Crippen molar-refractivity contribution in [3.63, 3.8) is 0 Å². The van der Waals surface area contributed by atoms with E-state index in [0.717, 1.165) is 19.3 Å². The van der Waals surface area contributed by atoms with Crippen molar-refractivity contribution in [3.05, 3.63) is 33.9 Å². The van der Waals surface area contributed by atoms with Crippen LogP contribution in [0, 0.1) is 10.1 Å². The highest BCUT2D eigenvalue weighted by molar-refractivity contribution is 5.98. The maximum Gasteiger partial charge on any atom is 0.311 e. The quantitative estimate of drug-likeness (QED) is 0.636. The normalized spacial score (nSPS) is 21.5. The molecule has 20 heavy (non-hydrogen) atoms. The number of nitrogens with zero attached hydrogens (tertiary/aromatic N) is 1. The number of nitro groups is 1. The average Bonchev–Trinajstić information content (AvgIpc) is 2.83. The number of hydrogen-bond donors (Lipinski definition) is 2. The Labute approximate surface area is 116 Å². The molecule has 7 heteroatoms. The van der Waals surface area contributed by atoms with Crippen molar-refractivity contribution in [3.8, 4) is 5.75 Å². The Hall–Kier alpha value is -2.15. The molecule has 1 aromatic rings. The zero-order valence-electron chi connectivity index (χ0n) is 11.2. The van der Waals surface area contributed by atoms with E-state index in [4.69, 9.17) is 10.5 Å². The lowest BCUT2D eigenvalue weighted by Crippen LogP contribution is -2.44. The van der Waals surface area contributed by atoms with E-state index in [1.165, 1.54) is 25.3 Å². The zero-order valence-corrected chi connectivity index (χ0v) is 11.2. The van der Waals surface area contributed by atoms with Crippen molar-refractivity contribution in [2.75, 3.05) is 7.11 Å². The number of benzene rings is 1. The Morgan fingerprint density at radius 1 is 1.50 bits per heavy atom. The van der Waals surface area contributed by atoms with Crippen LogP contribution >= 0.6 is 0 Å². The number of rotatable bonds is 4. The van der Waals surface area contributed by atoms with Gasteiger partial charge in [0.2, 0.25) is 5.75 Å². The number of methoxy groups -OCH3 is 1. The molecule has 1 fully saturated rings. The smallest absolute Gasteiger partial charge is 0.311 e. The predicted octanol–water partition coefficient (Wildman–Crippen LogP) is 1.21. The zero-order chi connectivity index (χ0) is 14.7. The molecule has 0 heterocycles. The highest BCUT2D eigenvalue weighted by Crippen LogP contribution is 2.30. The molecule has 0 radical (unpaired) electrons. The third-order valence-corrected chi connectivity index (χ3v) is 3.53. The van der Waals surface area contributed by atoms with Crippen LogP contribution in [0.25, 0.3) is 0 Å². The second-order valence-corrected chi connectivity index (χ2v) is 4.79. The van der Waals surface area contributed by atoms with Gasteiger partial charge in [0.15, 0.2) is 0 Å². The lowest BCUT2D eigenvalue weighted by molar-refractivity contribution is -0.385. The van der Waals surface area contributed by atoms with Crippen molar-refractivity contribution in [2.45, 2.75) is 31.3 Å². The molecule has 1 aromatic carbocycles. The second-order valence-electron chi connectivity index (χ2n) is 4.79. The Morgan fingerprint density at radius 3 is 2.80 bits per heavy atom. The Morgan fingerprint density at radius 2 is 2.25 bits per heavy atom. The molecule has 2 rings (SSSR count). The van der Waals surface area contributed by atoms with Crippen molar-refractivity contribution < 1.29 is 14.5 Å². The fraction of sp³-hybridized carbons (Fsp3) is 0.462. The molecule has 2 atom stereocenters. The van der Waals surface area contributed by atoms with Gasteiger partial charge in [-0.2, -0.15) is 0 Å². The van der Waals surface area contributed by atoms with Gasteiger partial charge in [-0.15, -0.1) is 0 Å². The van der Waals surface area contributed by atoms with Crippen LogP contribution in [0.2, 0.25) is 0 Å². The van der Waals surface area contributed by atoms with E-state index in [2.05, 4.69) is 5.32 Å². The summed E-state index contributed by atoms with van der Waals surface area (Å²) < 4.78 is 5.02. The SMILES string of the molecule is COc1c(C(=O)NC2CCCC2N)cccc1[N+](=O)[O-]. The average molecular weight is 279 g/mol. The van der Waals surface area contributed by atoms with E-state index in [1.54, 1.807) is 0 Å². The molecule has 7 nitrogen and oxygen atoms in total. The summed E-state index contributed by atoms with van der Waals surface area (Å²) in [6.45, 7) is 0.